The first kappa shape index (κ1) is 16.8. The van der Waals surface area contributed by atoms with Gasteiger partial charge in [-0.2, -0.15) is 0 Å². The number of fused-ring (bicyclic) bond motifs is 1. The normalized spacial score (nSPS) is 14.0. The van der Waals surface area contributed by atoms with E-state index in [4.69, 9.17) is 4.74 Å². The number of ether oxygens (including phenoxy) is 1. The number of hydrogen-bond donors (Lipinski definition) is 2. The maximum Gasteiger partial charge on any atom is 0.262 e. The van der Waals surface area contributed by atoms with E-state index >= 15 is 0 Å². The van der Waals surface area contributed by atoms with Gasteiger partial charge in [0.05, 0.1) is 17.3 Å². The fraction of sp³-hybridized carbons (Fsp3) is 0.278. The number of benzene rings is 1. The maximum absolute atomic E-state index is 12.4. The number of nitrogens with one attached hydrogen (secondary N) is 2. The van der Waals surface area contributed by atoms with Crippen molar-refractivity contribution < 1.29 is 14.3 Å². The Morgan fingerprint density at radius 2 is 2.12 bits per heavy atom. The van der Waals surface area contributed by atoms with E-state index in [9.17, 15) is 9.59 Å². The highest BCUT2D eigenvalue weighted by Crippen LogP contribution is 2.30. The van der Waals surface area contributed by atoms with Crippen molar-refractivity contribution in [2.45, 2.75) is 13.0 Å². The lowest BCUT2D eigenvalue weighted by Crippen LogP contribution is -2.28. The van der Waals surface area contributed by atoms with Crippen molar-refractivity contribution in [1.29, 1.82) is 0 Å². The Morgan fingerprint density at radius 1 is 1.32 bits per heavy atom. The molecule has 130 valence electrons. The number of aromatic nitrogens is 1. The van der Waals surface area contributed by atoms with Gasteiger partial charge < -0.3 is 20.3 Å². The number of rotatable bonds is 4. The lowest BCUT2D eigenvalue weighted by atomic mass is 10.1. The standard InChI is InChI=1S/C18H20N4O3/c1-11(12-4-6-15-14(8-12)21-17(23)10-25-15)20-18(24)13-5-7-16(19-9-13)22(2)3/h4-9,11H,10H2,1-3H3,(H,20,24)(H,21,23). The van der Waals surface area contributed by atoms with Gasteiger partial charge in [-0.3, -0.25) is 9.59 Å². The first-order valence-corrected chi connectivity index (χ1v) is 7.95. The zero-order chi connectivity index (χ0) is 18.0. The van der Waals surface area contributed by atoms with Gasteiger partial charge in [-0.05, 0) is 36.8 Å². The summed E-state index contributed by atoms with van der Waals surface area (Å²) < 4.78 is 5.34. The van der Waals surface area contributed by atoms with Crippen LogP contribution in [0.3, 0.4) is 0 Å². The highest BCUT2D eigenvalue weighted by molar-refractivity contribution is 5.96. The predicted molar refractivity (Wildman–Crippen MR) is 95.0 cm³/mol. The Bertz CT molecular complexity index is 802. The average molecular weight is 340 g/mol. The molecule has 0 aliphatic carbocycles. The molecule has 25 heavy (non-hydrogen) atoms. The summed E-state index contributed by atoms with van der Waals surface area (Å²) in [6.07, 6.45) is 1.55. The second-order valence-electron chi connectivity index (χ2n) is 6.09. The Kier molecular flexibility index (Phi) is 4.56. The number of carbonyl (C=O) groups is 2. The molecule has 1 unspecified atom stereocenters. The first-order chi connectivity index (χ1) is 11.9. The number of pyridine rings is 1. The smallest absolute Gasteiger partial charge is 0.262 e. The molecule has 0 spiro atoms. The van der Waals surface area contributed by atoms with Crippen LogP contribution in [0.15, 0.2) is 36.5 Å². The third-order valence-corrected chi connectivity index (χ3v) is 3.95. The molecule has 7 heteroatoms. The van der Waals surface area contributed by atoms with Crippen molar-refractivity contribution in [2.75, 3.05) is 30.9 Å². The molecule has 0 saturated heterocycles. The predicted octanol–water partition coefficient (Wildman–Crippen LogP) is 1.97. The van der Waals surface area contributed by atoms with Crippen molar-refractivity contribution in [3.63, 3.8) is 0 Å². The van der Waals surface area contributed by atoms with Gasteiger partial charge >= 0.3 is 0 Å². The van der Waals surface area contributed by atoms with Crippen LogP contribution >= 0.6 is 0 Å². The van der Waals surface area contributed by atoms with E-state index in [2.05, 4.69) is 15.6 Å². The maximum atomic E-state index is 12.4. The molecule has 7 nitrogen and oxygen atoms in total. The van der Waals surface area contributed by atoms with E-state index in [0.29, 0.717) is 17.0 Å². The quantitative estimate of drug-likeness (QED) is 0.889. The van der Waals surface area contributed by atoms with Crippen LogP contribution in [-0.4, -0.2) is 37.5 Å². The largest absolute Gasteiger partial charge is 0.482 e. The van der Waals surface area contributed by atoms with Crippen molar-refractivity contribution in [3.05, 3.63) is 47.7 Å². The second kappa shape index (κ2) is 6.80. The molecule has 1 aliphatic heterocycles. The number of nitrogens with zero attached hydrogens (tertiary/aromatic N) is 2. The molecule has 2 N–H and O–H groups in total. The van der Waals surface area contributed by atoms with Crippen molar-refractivity contribution in [1.82, 2.24) is 10.3 Å². The van der Waals surface area contributed by atoms with E-state index in [1.54, 1.807) is 24.4 Å². The minimum atomic E-state index is -0.231. The van der Waals surface area contributed by atoms with Gasteiger partial charge in [-0.15, -0.1) is 0 Å². The highest BCUT2D eigenvalue weighted by atomic mass is 16.5. The number of amides is 2. The van der Waals surface area contributed by atoms with E-state index < -0.39 is 0 Å². The van der Waals surface area contributed by atoms with E-state index in [0.717, 1.165) is 11.4 Å². The summed E-state index contributed by atoms with van der Waals surface area (Å²) in [4.78, 5) is 29.9. The van der Waals surface area contributed by atoms with Crippen LogP contribution in [0.4, 0.5) is 11.5 Å². The highest BCUT2D eigenvalue weighted by Gasteiger charge is 2.18. The Balaban J connectivity index is 1.71. The van der Waals surface area contributed by atoms with Gasteiger partial charge in [0.25, 0.3) is 11.8 Å². The van der Waals surface area contributed by atoms with Crippen LogP contribution in [0.2, 0.25) is 0 Å². The van der Waals surface area contributed by atoms with Crippen LogP contribution in [0.1, 0.15) is 28.9 Å². The monoisotopic (exact) mass is 340 g/mol. The van der Waals surface area contributed by atoms with Crippen molar-refractivity contribution in [3.8, 4) is 5.75 Å². The lowest BCUT2D eigenvalue weighted by molar-refractivity contribution is -0.118. The summed E-state index contributed by atoms with van der Waals surface area (Å²) in [5, 5.41) is 5.70. The van der Waals surface area contributed by atoms with Gasteiger partial charge in [0.2, 0.25) is 0 Å². The Morgan fingerprint density at radius 3 is 2.80 bits per heavy atom. The summed E-state index contributed by atoms with van der Waals surface area (Å²) in [5.74, 6) is 1.03. The Labute approximate surface area is 146 Å². The third-order valence-electron chi connectivity index (χ3n) is 3.95. The summed E-state index contributed by atoms with van der Waals surface area (Å²) >= 11 is 0. The average Bonchev–Trinajstić information content (AvgIpc) is 2.61. The van der Waals surface area contributed by atoms with E-state index in [1.807, 2.05) is 38.1 Å². The van der Waals surface area contributed by atoms with Crippen LogP contribution in [0.25, 0.3) is 0 Å². The van der Waals surface area contributed by atoms with Gasteiger partial charge in [0.15, 0.2) is 6.61 Å². The van der Waals surface area contributed by atoms with Crippen LogP contribution in [-0.2, 0) is 4.79 Å². The van der Waals surface area contributed by atoms with Crippen LogP contribution in [0, 0.1) is 0 Å². The van der Waals surface area contributed by atoms with E-state index in [-0.39, 0.29) is 24.5 Å². The summed E-state index contributed by atoms with van der Waals surface area (Å²) in [6.45, 7) is 1.90. The SMILES string of the molecule is CC(NC(=O)c1ccc(N(C)C)nc1)c1ccc2c(c1)NC(=O)CO2. The summed E-state index contributed by atoms with van der Waals surface area (Å²) in [6, 6.07) is 8.78. The van der Waals surface area contributed by atoms with Gasteiger partial charge in [-0.1, -0.05) is 6.07 Å². The summed E-state index contributed by atoms with van der Waals surface area (Å²) in [7, 11) is 3.78. The van der Waals surface area contributed by atoms with Crippen LogP contribution in [0.5, 0.6) is 5.75 Å². The van der Waals surface area contributed by atoms with Gasteiger partial charge in [0, 0.05) is 20.3 Å². The Hall–Kier alpha value is -3.09. The molecule has 2 amide bonds. The molecule has 2 aromatic rings. The number of carbonyl (C=O) groups excluding carboxylic acids is 2. The zero-order valence-electron chi connectivity index (χ0n) is 14.4. The molecule has 0 radical (unpaired) electrons. The molecule has 2 heterocycles. The second-order valence-corrected chi connectivity index (χ2v) is 6.09. The first-order valence-electron chi connectivity index (χ1n) is 7.95. The van der Waals surface area contributed by atoms with Crippen molar-refractivity contribution >= 4 is 23.3 Å². The molecule has 0 bridgehead atoms. The molecular formula is C18H20N4O3. The molecule has 1 aliphatic rings. The van der Waals surface area contributed by atoms with Gasteiger partial charge in [-0.25, -0.2) is 4.98 Å². The molecular weight excluding hydrogens is 320 g/mol. The molecule has 1 atom stereocenters. The topological polar surface area (TPSA) is 83.6 Å². The zero-order valence-corrected chi connectivity index (χ0v) is 14.4. The van der Waals surface area contributed by atoms with Crippen LogP contribution < -0.4 is 20.3 Å². The van der Waals surface area contributed by atoms with E-state index in [1.165, 1.54) is 0 Å². The minimum absolute atomic E-state index is 0.0224. The molecule has 3 rings (SSSR count). The lowest BCUT2D eigenvalue weighted by Gasteiger charge is -2.21. The fourth-order valence-corrected chi connectivity index (χ4v) is 2.52. The fourth-order valence-electron chi connectivity index (χ4n) is 2.52. The molecule has 0 saturated carbocycles. The third kappa shape index (κ3) is 3.71. The molecule has 1 aromatic heterocycles. The molecule has 0 fully saturated rings. The minimum Gasteiger partial charge on any atom is -0.482 e. The summed E-state index contributed by atoms with van der Waals surface area (Å²) in [5.41, 5.74) is 1.98. The number of anilines is 2. The number of hydrogen-bond acceptors (Lipinski definition) is 5. The molecule has 1 aromatic carbocycles. The van der Waals surface area contributed by atoms with Crippen molar-refractivity contribution in [2.24, 2.45) is 0 Å². The van der Waals surface area contributed by atoms with Gasteiger partial charge in [0.1, 0.15) is 11.6 Å².